The van der Waals surface area contributed by atoms with E-state index in [-0.39, 0.29) is 74.9 Å². The zero-order chi connectivity index (χ0) is 57.6. The summed E-state index contributed by atoms with van der Waals surface area (Å²) in [6, 6.07) is 11.0. The molecule has 2 aromatic rings. The molecule has 1 aliphatic heterocycles. The second-order valence-corrected chi connectivity index (χ2v) is 20.7. The van der Waals surface area contributed by atoms with Crippen LogP contribution in [0.2, 0.25) is 0 Å². The van der Waals surface area contributed by atoms with Gasteiger partial charge in [-0.1, -0.05) is 36.9 Å². The molecule has 2 saturated carbocycles. The average Bonchev–Trinajstić information content (AvgIpc) is 3.60. The zero-order valence-electron chi connectivity index (χ0n) is 46.7. The number of aliphatic imine (C=N–C) groups is 1. The van der Waals surface area contributed by atoms with Gasteiger partial charge < -0.3 is 58.7 Å². The summed E-state index contributed by atoms with van der Waals surface area (Å²) in [7, 11) is 0. The van der Waals surface area contributed by atoms with Crippen molar-refractivity contribution in [1.29, 1.82) is 10.8 Å². The van der Waals surface area contributed by atoms with Gasteiger partial charge in [-0.15, -0.1) is 0 Å². The number of halogens is 5. The van der Waals surface area contributed by atoms with E-state index in [9.17, 15) is 26.7 Å². The third-order valence-electron chi connectivity index (χ3n) is 14.3. The maximum atomic E-state index is 14.0. The van der Waals surface area contributed by atoms with Crippen LogP contribution in [0.4, 0.5) is 22.0 Å². The predicted octanol–water partition coefficient (Wildman–Crippen LogP) is 7.79. The van der Waals surface area contributed by atoms with Crippen LogP contribution in [-0.2, 0) is 42.7 Å². The Morgan fingerprint density at radius 1 is 0.825 bits per heavy atom. The van der Waals surface area contributed by atoms with Crippen molar-refractivity contribution in [3.63, 3.8) is 0 Å². The minimum absolute atomic E-state index is 0.0459. The molecule has 5 N–H and O–H groups in total. The molecule has 1 saturated heterocycles. The van der Waals surface area contributed by atoms with Crippen LogP contribution in [0.5, 0.6) is 5.75 Å². The van der Waals surface area contributed by atoms with E-state index in [4.69, 9.17) is 54.6 Å². The van der Waals surface area contributed by atoms with Crippen molar-refractivity contribution in [2.24, 2.45) is 33.2 Å². The fourth-order valence-corrected chi connectivity index (χ4v) is 10.3. The Balaban J connectivity index is 0.765. The lowest BCUT2D eigenvalue weighted by Crippen LogP contribution is -2.64. The van der Waals surface area contributed by atoms with Crippen molar-refractivity contribution in [2.75, 3.05) is 138 Å². The molecule has 2 unspecified atom stereocenters. The van der Waals surface area contributed by atoms with Gasteiger partial charge in [0, 0.05) is 81.4 Å². The summed E-state index contributed by atoms with van der Waals surface area (Å²) in [5.74, 6) is -1.28. The molecule has 0 radical (unpaired) electrons. The molecule has 2 atom stereocenters. The molecule has 0 amide bonds. The first kappa shape index (κ1) is 65.8. The van der Waals surface area contributed by atoms with E-state index in [2.05, 4.69) is 43.8 Å². The Morgan fingerprint density at radius 3 is 1.93 bits per heavy atom. The highest BCUT2D eigenvalue weighted by Gasteiger charge is 2.54. The van der Waals surface area contributed by atoms with Gasteiger partial charge in [-0.25, -0.2) is 22.0 Å². The van der Waals surface area contributed by atoms with Crippen LogP contribution in [-0.4, -0.2) is 190 Å². The number of carbonyl (C=O) groups is 1. The smallest absolute Gasteiger partial charge is 0.313 e. The number of esters is 1. The second-order valence-electron chi connectivity index (χ2n) is 20.7. The number of hydrogen-bond acceptors (Lipinski definition) is 17. The Kier molecular flexibility index (Phi) is 29.4. The van der Waals surface area contributed by atoms with E-state index in [0.29, 0.717) is 141 Å². The molecule has 2 aliphatic carbocycles. The number of amidine groups is 2. The first-order valence-corrected chi connectivity index (χ1v) is 27.8. The maximum Gasteiger partial charge on any atom is 0.313 e. The topological polar surface area (TPSA) is 217 Å². The molecule has 80 heavy (non-hydrogen) atoms. The van der Waals surface area contributed by atoms with Gasteiger partial charge in [0.05, 0.1) is 125 Å². The van der Waals surface area contributed by atoms with Gasteiger partial charge in [-0.2, -0.15) is 5.10 Å². The number of nitrogens with zero attached hydrogens (tertiary/aromatic N) is 4. The highest BCUT2D eigenvalue weighted by atomic mass is 19.3. The molecule has 0 bridgehead atoms. The number of hydrogen-bond donors (Lipinski definition) is 4. The first-order valence-electron chi connectivity index (χ1n) is 27.8. The SMILES string of the molecule is C=C(CC(C)N(C(C)=N)C(=N)C1CC2(C1)CN(CCOCCOCCOCCOC/C(C=NCCOCCOCCOCCOCCC(=O)Oc1c(F)cc(F)cc1F)=N/N)C2)NCCC(c1ccccc1)C1CCC(F)(F)CC1. The van der Waals surface area contributed by atoms with Crippen molar-refractivity contribution in [2.45, 2.75) is 89.5 Å². The van der Waals surface area contributed by atoms with Crippen molar-refractivity contribution >= 4 is 29.6 Å². The van der Waals surface area contributed by atoms with Crippen LogP contribution in [0.3, 0.4) is 0 Å². The van der Waals surface area contributed by atoms with E-state index in [1.54, 1.807) is 6.92 Å². The lowest BCUT2D eigenvalue weighted by Gasteiger charge is -2.60. The molecule has 448 valence electrons. The molecule has 1 heterocycles. The summed E-state index contributed by atoms with van der Waals surface area (Å²) in [5.41, 5.74) is 2.76. The Labute approximate surface area is 468 Å². The molecule has 1 spiro atoms. The number of ether oxygens (including phenoxy) is 9. The van der Waals surface area contributed by atoms with Crippen LogP contribution < -0.4 is 15.9 Å². The first-order chi connectivity index (χ1) is 38.6. The second kappa shape index (κ2) is 35.8. The molecule has 3 fully saturated rings. The largest absolute Gasteiger partial charge is 0.420 e. The van der Waals surface area contributed by atoms with Crippen molar-refractivity contribution in [3.8, 4) is 5.75 Å². The summed E-state index contributed by atoms with van der Waals surface area (Å²) < 4.78 is 117. The molecule has 5 rings (SSSR count). The molecular weight excluding hydrogens is 1050 g/mol. The number of likely N-dealkylation sites (tertiary alicyclic amines) is 1. The standard InChI is InChI=1S/C57H85F5N8O10/c1-42(67-15-11-50(45-7-5-4-6-8-45)46-9-13-57(61,62)14-10-46)33-43(2)70(44(3)63)55(64)47-36-56(37-47)40-69(41-56)17-20-74-23-26-77-29-30-78-31-32-79-39-49(68-65)38-66-16-19-73-22-25-76-28-27-75-24-21-72-18-12-53(71)80-54-51(59)34-48(58)35-52(54)60/h4-8,34-35,38,43,46-47,50,63-64,67H,1,9-33,36-37,39-41,65H2,2-3H3/b63-44?,64-55?,66-38?,68-49+. The van der Waals surface area contributed by atoms with Gasteiger partial charge in [0.1, 0.15) is 17.4 Å². The molecule has 0 aromatic heterocycles. The molecule has 3 aliphatic rings. The summed E-state index contributed by atoms with van der Waals surface area (Å²) in [5, 5.41) is 24.9. The molecular formula is C57H85F5N8O10. The van der Waals surface area contributed by atoms with Crippen molar-refractivity contribution in [3.05, 3.63) is 77.8 Å². The van der Waals surface area contributed by atoms with E-state index < -0.39 is 35.1 Å². The van der Waals surface area contributed by atoms with Crippen LogP contribution in [0.1, 0.15) is 83.1 Å². The van der Waals surface area contributed by atoms with Gasteiger partial charge in [0.25, 0.3) is 0 Å². The number of rotatable bonds is 41. The third kappa shape index (κ3) is 23.8. The van der Waals surface area contributed by atoms with Gasteiger partial charge in [0.2, 0.25) is 11.7 Å². The Bertz CT molecular complexity index is 2210. The van der Waals surface area contributed by atoms with E-state index in [1.807, 2.05) is 30.0 Å². The minimum atomic E-state index is -2.55. The minimum Gasteiger partial charge on any atom is -0.420 e. The number of benzene rings is 2. The van der Waals surface area contributed by atoms with E-state index in [0.717, 1.165) is 44.6 Å². The van der Waals surface area contributed by atoms with Crippen LogP contribution in [0, 0.1) is 45.5 Å². The monoisotopic (exact) mass is 1140 g/mol. The van der Waals surface area contributed by atoms with Gasteiger partial charge >= 0.3 is 5.97 Å². The summed E-state index contributed by atoms with van der Waals surface area (Å²) >= 11 is 0. The molecule has 23 heteroatoms. The zero-order valence-corrected chi connectivity index (χ0v) is 46.7. The number of nitrogens with two attached hydrogens (primary N) is 1. The number of nitrogens with one attached hydrogen (secondary N) is 3. The van der Waals surface area contributed by atoms with Crippen LogP contribution in [0.15, 0.2) is 64.8 Å². The van der Waals surface area contributed by atoms with Crippen molar-refractivity contribution < 1.29 is 69.4 Å². The number of alkyl halides is 2. The fraction of sp³-hybridized carbons (Fsp3) is 0.667. The Morgan fingerprint density at radius 2 is 1.36 bits per heavy atom. The summed E-state index contributed by atoms with van der Waals surface area (Å²) in [4.78, 5) is 20.3. The van der Waals surface area contributed by atoms with Gasteiger partial charge in [-0.05, 0) is 68.8 Å². The van der Waals surface area contributed by atoms with Gasteiger partial charge in [0.15, 0.2) is 11.6 Å². The van der Waals surface area contributed by atoms with E-state index >= 15 is 0 Å². The fourth-order valence-electron chi connectivity index (χ4n) is 10.3. The predicted molar refractivity (Wildman–Crippen MR) is 295 cm³/mol. The third-order valence-corrected chi connectivity index (χ3v) is 14.3. The summed E-state index contributed by atoms with van der Waals surface area (Å²) in [6.07, 6.45) is 5.57. The lowest BCUT2D eigenvalue weighted by molar-refractivity contribution is -0.136. The Hall–Kier alpha value is -4.98. The molecule has 2 aromatic carbocycles. The van der Waals surface area contributed by atoms with Crippen LogP contribution >= 0.6 is 0 Å². The summed E-state index contributed by atoms with van der Waals surface area (Å²) in [6.45, 7) is 17.4. The van der Waals surface area contributed by atoms with Crippen molar-refractivity contribution in [1.82, 2.24) is 15.1 Å². The quantitative estimate of drug-likeness (QED) is 0.00731. The highest BCUT2D eigenvalue weighted by molar-refractivity contribution is 6.31. The van der Waals surface area contributed by atoms with E-state index in [1.165, 1.54) is 11.8 Å². The number of hydrazone groups is 1. The lowest BCUT2D eigenvalue weighted by atomic mass is 9.57. The highest BCUT2D eigenvalue weighted by Crippen LogP contribution is 2.52. The number of carbonyl (C=O) groups excluding carboxylic acids is 1. The molecule has 18 nitrogen and oxygen atoms in total. The normalized spacial score (nSPS) is 17.3. The average molecular weight is 1140 g/mol. The van der Waals surface area contributed by atoms with Crippen LogP contribution in [0.25, 0.3) is 0 Å². The van der Waals surface area contributed by atoms with Gasteiger partial charge in [-0.3, -0.25) is 25.5 Å². The maximum absolute atomic E-state index is 14.0.